The van der Waals surface area contributed by atoms with Gasteiger partial charge >= 0.3 is 0 Å². The van der Waals surface area contributed by atoms with Crippen molar-refractivity contribution in [3.63, 3.8) is 0 Å². The van der Waals surface area contributed by atoms with Crippen molar-refractivity contribution in [1.29, 1.82) is 0 Å². The topological polar surface area (TPSA) is 54.8 Å². The summed E-state index contributed by atoms with van der Waals surface area (Å²) in [5.41, 5.74) is 5.63. The van der Waals surface area contributed by atoms with E-state index < -0.39 is 0 Å². The van der Waals surface area contributed by atoms with Gasteiger partial charge in [0.05, 0.1) is 16.4 Å². The minimum Gasteiger partial charge on any atom is -0.293 e. The van der Waals surface area contributed by atoms with E-state index in [0.29, 0.717) is 0 Å². The maximum Gasteiger partial charge on any atom is 0.160 e. The molecule has 29 heavy (non-hydrogen) atoms. The Balaban J connectivity index is 1.36. The number of hydrogen-bond donors (Lipinski definition) is 0. The first kappa shape index (κ1) is 18.1. The van der Waals surface area contributed by atoms with Gasteiger partial charge in [-0.3, -0.25) is 9.88 Å². The smallest absolute Gasteiger partial charge is 0.160 e. The zero-order chi connectivity index (χ0) is 19.6. The molecule has 0 spiro atoms. The molecule has 0 radical (unpaired) electrons. The molecule has 0 unspecified atom stereocenters. The predicted molar refractivity (Wildman–Crippen MR) is 115 cm³/mol. The molecule has 6 heteroatoms. The summed E-state index contributed by atoms with van der Waals surface area (Å²) >= 11 is 1.79. The summed E-state index contributed by atoms with van der Waals surface area (Å²) in [6.07, 6.45) is 6.50. The monoisotopic (exact) mass is 399 g/mol. The highest BCUT2D eigenvalue weighted by Crippen LogP contribution is 2.30. The number of fused-ring (bicyclic) bond motifs is 1. The van der Waals surface area contributed by atoms with E-state index in [4.69, 9.17) is 9.97 Å². The SMILES string of the molecule is Cc1nc(-c2ccccc2)c(CN2CCc3nc(-c4cccnc4)ncc3C2)s1. The van der Waals surface area contributed by atoms with Crippen LogP contribution in [0.25, 0.3) is 22.6 Å². The number of aromatic nitrogens is 4. The molecule has 144 valence electrons. The van der Waals surface area contributed by atoms with Gasteiger partial charge in [-0.05, 0) is 19.1 Å². The molecule has 0 fully saturated rings. The first-order chi connectivity index (χ1) is 14.3. The summed E-state index contributed by atoms with van der Waals surface area (Å²) in [5.74, 6) is 0.759. The number of benzene rings is 1. The first-order valence-corrected chi connectivity index (χ1v) is 10.6. The molecule has 4 heterocycles. The minimum absolute atomic E-state index is 0.759. The molecule has 5 nitrogen and oxygen atoms in total. The van der Waals surface area contributed by atoms with E-state index >= 15 is 0 Å². The van der Waals surface area contributed by atoms with Gasteiger partial charge in [0.15, 0.2) is 5.82 Å². The Morgan fingerprint density at radius 2 is 1.86 bits per heavy atom. The molecular formula is C23H21N5S. The van der Waals surface area contributed by atoms with Gasteiger partial charge in [0.2, 0.25) is 0 Å². The Labute approximate surface area is 174 Å². The average Bonchev–Trinajstić information content (AvgIpc) is 3.14. The third kappa shape index (κ3) is 3.81. The minimum atomic E-state index is 0.759. The third-order valence-corrected chi connectivity index (χ3v) is 6.11. The molecule has 0 aliphatic carbocycles. The van der Waals surface area contributed by atoms with Crippen molar-refractivity contribution < 1.29 is 0 Å². The maximum atomic E-state index is 4.81. The van der Waals surface area contributed by atoms with Crippen LogP contribution in [0.15, 0.2) is 61.1 Å². The number of nitrogens with zero attached hydrogens (tertiary/aromatic N) is 5. The lowest BCUT2D eigenvalue weighted by atomic mass is 10.1. The van der Waals surface area contributed by atoms with Crippen molar-refractivity contribution in [2.75, 3.05) is 6.54 Å². The number of pyridine rings is 1. The van der Waals surface area contributed by atoms with E-state index in [2.05, 4.69) is 46.1 Å². The molecule has 0 amide bonds. The van der Waals surface area contributed by atoms with E-state index in [1.165, 1.54) is 16.0 Å². The van der Waals surface area contributed by atoms with Gasteiger partial charge < -0.3 is 0 Å². The molecular weight excluding hydrogens is 378 g/mol. The fraction of sp³-hybridized carbons (Fsp3) is 0.217. The molecule has 1 aromatic carbocycles. The molecule has 0 saturated heterocycles. The summed E-state index contributed by atoms with van der Waals surface area (Å²) in [5, 5.41) is 1.11. The van der Waals surface area contributed by atoms with Gasteiger partial charge in [0.1, 0.15) is 0 Å². The van der Waals surface area contributed by atoms with Gasteiger partial charge in [-0.2, -0.15) is 0 Å². The number of aryl methyl sites for hydroxylation is 1. The quantitative estimate of drug-likeness (QED) is 0.505. The first-order valence-electron chi connectivity index (χ1n) is 9.75. The maximum absolute atomic E-state index is 4.81. The molecule has 0 bridgehead atoms. The van der Waals surface area contributed by atoms with E-state index in [1.807, 2.05) is 30.6 Å². The second kappa shape index (κ2) is 7.81. The van der Waals surface area contributed by atoms with Crippen LogP contribution in [0.2, 0.25) is 0 Å². The summed E-state index contributed by atoms with van der Waals surface area (Å²) < 4.78 is 0. The third-order valence-electron chi connectivity index (χ3n) is 5.15. The molecule has 4 aromatic rings. The van der Waals surface area contributed by atoms with Gasteiger partial charge in [-0.1, -0.05) is 30.3 Å². The average molecular weight is 400 g/mol. The lowest BCUT2D eigenvalue weighted by molar-refractivity contribution is 0.245. The van der Waals surface area contributed by atoms with Crippen molar-refractivity contribution in [3.8, 4) is 22.6 Å². The Morgan fingerprint density at radius 1 is 1.00 bits per heavy atom. The van der Waals surface area contributed by atoms with E-state index in [-0.39, 0.29) is 0 Å². The fourth-order valence-electron chi connectivity index (χ4n) is 3.74. The predicted octanol–water partition coefficient (Wildman–Crippen LogP) is 4.53. The van der Waals surface area contributed by atoms with E-state index in [1.54, 1.807) is 17.5 Å². The van der Waals surface area contributed by atoms with Gasteiger partial charge in [-0.15, -0.1) is 11.3 Å². The highest BCUT2D eigenvalue weighted by Gasteiger charge is 2.21. The Hall–Kier alpha value is -2.96. The second-order valence-corrected chi connectivity index (χ2v) is 8.53. The van der Waals surface area contributed by atoms with Crippen molar-refractivity contribution in [2.45, 2.75) is 26.4 Å². The lowest BCUT2D eigenvalue weighted by Crippen LogP contribution is -2.30. The van der Waals surface area contributed by atoms with Crippen molar-refractivity contribution in [3.05, 3.63) is 82.2 Å². The zero-order valence-corrected chi connectivity index (χ0v) is 17.1. The van der Waals surface area contributed by atoms with Crippen molar-refractivity contribution in [1.82, 2.24) is 24.8 Å². The summed E-state index contributed by atoms with van der Waals surface area (Å²) in [7, 11) is 0. The van der Waals surface area contributed by atoms with Crippen molar-refractivity contribution in [2.24, 2.45) is 0 Å². The zero-order valence-electron chi connectivity index (χ0n) is 16.2. The number of rotatable bonds is 4. The molecule has 5 rings (SSSR count). The highest BCUT2D eigenvalue weighted by atomic mass is 32.1. The van der Waals surface area contributed by atoms with Crippen LogP contribution >= 0.6 is 11.3 Å². The van der Waals surface area contributed by atoms with Crippen LogP contribution in [0.4, 0.5) is 0 Å². The standard InChI is InChI=1S/C23H21N5S/c1-16-26-22(17-6-3-2-4-7-17)21(29-16)15-28-11-9-20-19(14-28)13-25-23(27-20)18-8-5-10-24-12-18/h2-8,10,12-13H,9,11,14-15H2,1H3. The Bertz CT molecular complexity index is 1120. The van der Waals surface area contributed by atoms with Gasteiger partial charge in [0.25, 0.3) is 0 Å². The molecule has 0 N–H and O–H groups in total. The van der Waals surface area contributed by atoms with Gasteiger partial charge in [-0.25, -0.2) is 15.0 Å². The normalized spacial score (nSPS) is 14.0. The van der Waals surface area contributed by atoms with Crippen LogP contribution in [0, 0.1) is 6.92 Å². The second-order valence-electron chi connectivity index (χ2n) is 7.24. The Kier molecular flexibility index (Phi) is 4.87. The summed E-state index contributed by atoms with van der Waals surface area (Å²) in [6.45, 7) is 4.84. The number of thiazole rings is 1. The van der Waals surface area contributed by atoms with Crippen LogP contribution in [-0.2, 0) is 19.5 Å². The highest BCUT2D eigenvalue weighted by molar-refractivity contribution is 7.12. The van der Waals surface area contributed by atoms with Crippen LogP contribution in [0.1, 0.15) is 21.1 Å². The lowest BCUT2D eigenvalue weighted by Gasteiger charge is -2.27. The van der Waals surface area contributed by atoms with Crippen LogP contribution in [0.5, 0.6) is 0 Å². The molecule has 1 aliphatic rings. The molecule has 3 aromatic heterocycles. The van der Waals surface area contributed by atoms with Crippen LogP contribution in [0.3, 0.4) is 0 Å². The Morgan fingerprint density at radius 3 is 2.69 bits per heavy atom. The number of hydrogen-bond acceptors (Lipinski definition) is 6. The molecule has 0 atom stereocenters. The molecule has 0 saturated carbocycles. The van der Waals surface area contributed by atoms with Crippen LogP contribution < -0.4 is 0 Å². The molecule has 1 aliphatic heterocycles. The van der Waals surface area contributed by atoms with E-state index in [0.717, 1.165) is 53.8 Å². The summed E-state index contributed by atoms with van der Waals surface area (Å²) in [6, 6.07) is 14.4. The van der Waals surface area contributed by atoms with Gasteiger partial charge in [0, 0.05) is 66.2 Å². The van der Waals surface area contributed by atoms with Crippen LogP contribution in [-0.4, -0.2) is 31.4 Å². The largest absolute Gasteiger partial charge is 0.293 e. The van der Waals surface area contributed by atoms with Crippen molar-refractivity contribution >= 4 is 11.3 Å². The van der Waals surface area contributed by atoms with E-state index in [9.17, 15) is 0 Å². The summed E-state index contributed by atoms with van der Waals surface area (Å²) in [4.78, 5) is 22.2. The fourth-order valence-corrected chi connectivity index (χ4v) is 4.75.